The highest BCUT2D eigenvalue weighted by Gasteiger charge is 2.26. The van der Waals surface area contributed by atoms with E-state index < -0.39 is 11.8 Å². The molecule has 3 rings (SSSR count). The van der Waals surface area contributed by atoms with Crippen LogP contribution in [-0.2, 0) is 0 Å². The summed E-state index contributed by atoms with van der Waals surface area (Å²) in [6.45, 7) is 1.48. The summed E-state index contributed by atoms with van der Waals surface area (Å²) in [7, 11) is 0. The quantitative estimate of drug-likeness (QED) is 0.868. The van der Waals surface area contributed by atoms with Gasteiger partial charge in [-0.1, -0.05) is 11.6 Å². The third-order valence-electron chi connectivity index (χ3n) is 3.86. The maximum atomic E-state index is 12.4. The van der Waals surface area contributed by atoms with Gasteiger partial charge in [-0.05, 0) is 30.7 Å². The number of anilines is 1. The van der Waals surface area contributed by atoms with Gasteiger partial charge in [0, 0.05) is 42.2 Å². The van der Waals surface area contributed by atoms with Crippen molar-refractivity contribution in [1.29, 1.82) is 0 Å². The Morgan fingerprint density at radius 3 is 2.50 bits per heavy atom. The zero-order valence-electron chi connectivity index (χ0n) is 12.8. The lowest BCUT2D eigenvalue weighted by Gasteiger charge is -2.19. The third kappa shape index (κ3) is 3.46. The highest BCUT2D eigenvalue weighted by molar-refractivity contribution is 6.30. The average Bonchev–Trinajstić information content (AvgIpc) is 3.04. The number of aromatic nitrogens is 2. The molecule has 1 aromatic carbocycles. The van der Waals surface area contributed by atoms with E-state index in [0.29, 0.717) is 11.6 Å². The summed E-state index contributed by atoms with van der Waals surface area (Å²) < 4.78 is 0. The number of nitrogens with zero attached hydrogens (tertiary/aromatic N) is 3. The molecule has 24 heavy (non-hydrogen) atoms. The molecule has 0 bridgehead atoms. The summed E-state index contributed by atoms with van der Waals surface area (Å²) in [4.78, 5) is 33.6. The summed E-state index contributed by atoms with van der Waals surface area (Å²) in [6.07, 6.45) is 3.48. The molecule has 1 aliphatic rings. The lowest BCUT2D eigenvalue weighted by atomic mass is 10.2. The first-order valence-corrected chi connectivity index (χ1v) is 7.84. The van der Waals surface area contributed by atoms with E-state index in [2.05, 4.69) is 20.2 Å². The topological polar surface area (TPSA) is 101 Å². The first-order chi connectivity index (χ1) is 11.5. The Kier molecular flexibility index (Phi) is 4.61. The molecule has 8 heteroatoms. The molecule has 2 aromatic rings. The SMILES string of the molecule is NC(=O)c1nccnc1C(=O)N[C@H]1CCN(c2ccc(Cl)cc2)C1. The molecule has 2 amide bonds. The normalized spacial score (nSPS) is 16.9. The monoisotopic (exact) mass is 345 g/mol. The predicted octanol–water partition coefficient (Wildman–Crippen LogP) is 1.24. The molecule has 1 aliphatic heterocycles. The number of rotatable bonds is 4. The number of carbonyl (C=O) groups is 2. The van der Waals surface area contributed by atoms with Crippen LogP contribution in [0.3, 0.4) is 0 Å². The number of nitrogens with one attached hydrogen (secondary N) is 1. The zero-order chi connectivity index (χ0) is 17.1. The van der Waals surface area contributed by atoms with E-state index in [0.717, 1.165) is 18.7 Å². The minimum Gasteiger partial charge on any atom is -0.369 e. The second-order valence-electron chi connectivity index (χ2n) is 5.50. The van der Waals surface area contributed by atoms with E-state index in [1.54, 1.807) is 0 Å². The minimum atomic E-state index is -0.775. The molecule has 0 spiro atoms. The number of amides is 2. The summed E-state index contributed by atoms with van der Waals surface area (Å²) in [5.74, 6) is -1.22. The number of carbonyl (C=O) groups excluding carboxylic acids is 2. The van der Waals surface area contributed by atoms with E-state index in [1.807, 2.05) is 24.3 Å². The van der Waals surface area contributed by atoms with Crippen molar-refractivity contribution in [2.45, 2.75) is 12.5 Å². The van der Waals surface area contributed by atoms with Crippen LogP contribution in [0.2, 0.25) is 5.02 Å². The lowest BCUT2D eigenvalue weighted by Crippen LogP contribution is -2.38. The fraction of sp³-hybridized carbons (Fsp3) is 0.250. The first kappa shape index (κ1) is 16.2. The number of hydrogen-bond donors (Lipinski definition) is 2. The van der Waals surface area contributed by atoms with Crippen molar-refractivity contribution >= 4 is 29.1 Å². The van der Waals surface area contributed by atoms with Crippen LogP contribution in [0.25, 0.3) is 0 Å². The minimum absolute atomic E-state index is 0.0455. The van der Waals surface area contributed by atoms with Crippen molar-refractivity contribution in [3.05, 3.63) is 53.1 Å². The van der Waals surface area contributed by atoms with Gasteiger partial charge in [-0.25, -0.2) is 9.97 Å². The van der Waals surface area contributed by atoms with Crippen LogP contribution in [0.1, 0.15) is 27.4 Å². The number of hydrogen-bond acceptors (Lipinski definition) is 5. The Labute approximate surface area is 143 Å². The van der Waals surface area contributed by atoms with E-state index in [9.17, 15) is 9.59 Å². The van der Waals surface area contributed by atoms with E-state index >= 15 is 0 Å². The molecule has 0 unspecified atom stereocenters. The predicted molar refractivity (Wildman–Crippen MR) is 90.1 cm³/mol. The van der Waals surface area contributed by atoms with Crippen LogP contribution in [-0.4, -0.2) is 40.9 Å². The Morgan fingerprint density at radius 2 is 1.83 bits per heavy atom. The van der Waals surface area contributed by atoms with E-state index in [-0.39, 0.29) is 17.4 Å². The highest BCUT2D eigenvalue weighted by Crippen LogP contribution is 2.22. The summed E-state index contributed by atoms with van der Waals surface area (Å²) in [5.41, 5.74) is 6.11. The summed E-state index contributed by atoms with van der Waals surface area (Å²) in [5, 5.41) is 3.57. The average molecular weight is 346 g/mol. The maximum absolute atomic E-state index is 12.4. The van der Waals surface area contributed by atoms with Crippen molar-refractivity contribution in [2.75, 3.05) is 18.0 Å². The summed E-state index contributed by atoms with van der Waals surface area (Å²) in [6, 6.07) is 7.51. The van der Waals surface area contributed by atoms with Gasteiger partial charge in [0.1, 0.15) is 0 Å². The fourth-order valence-electron chi connectivity index (χ4n) is 2.70. The third-order valence-corrected chi connectivity index (χ3v) is 4.11. The van der Waals surface area contributed by atoms with Crippen molar-refractivity contribution in [3.8, 4) is 0 Å². The van der Waals surface area contributed by atoms with Crippen LogP contribution in [0.4, 0.5) is 5.69 Å². The molecule has 7 nitrogen and oxygen atoms in total. The smallest absolute Gasteiger partial charge is 0.272 e. The van der Waals surface area contributed by atoms with Crippen molar-refractivity contribution in [3.63, 3.8) is 0 Å². The van der Waals surface area contributed by atoms with Crippen LogP contribution in [0.5, 0.6) is 0 Å². The molecule has 3 N–H and O–H groups in total. The van der Waals surface area contributed by atoms with Crippen molar-refractivity contribution in [1.82, 2.24) is 15.3 Å². The molecule has 1 atom stereocenters. The maximum Gasteiger partial charge on any atom is 0.272 e. The van der Waals surface area contributed by atoms with Gasteiger partial charge in [-0.3, -0.25) is 9.59 Å². The van der Waals surface area contributed by atoms with Gasteiger partial charge in [-0.2, -0.15) is 0 Å². The Hall–Kier alpha value is -2.67. The van der Waals surface area contributed by atoms with Gasteiger partial charge in [0.2, 0.25) is 0 Å². The van der Waals surface area contributed by atoms with Crippen LogP contribution in [0.15, 0.2) is 36.7 Å². The standard InChI is InChI=1S/C16H16ClN5O2/c17-10-1-3-12(4-2-10)22-8-5-11(9-22)21-16(24)14-13(15(18)23)19-6-7-20-14/h1-4,6-7,11H,5,8-9H2,(H2,18,23)(H,21,24)/t11-/m0/s1. The first-order valence-electron chi connectivity index (χ1n) is 7.47. The zero-order valence-corrected chi connectivity index (χ0v) is 13.5. The Morgan fingerprint density at radius 1 is 1.17 bits per heavy atom. The molecule has 124 valence electrons. The highest BCUT2D eigenvalue weighted by atomic mass is 35.5. The Bertz CT molecular complexity index is 765. The molecule has 1 fully saturated rings. The largest absolute Gasteiger partial charge is 0.369 e. The van der Waals surface area contributed by atoms with Crippen LogP contribution < -0.4 is 16.0 Å². The van der Waals surface area contributed by atoms with Crippen molar-refractivity contribution < 1.29 is 9.59 Å². The molecule has 0 aliphatic carbocycles. The van der Waals surface area contributed by atoms with Gasteiger partial charge < -0.3 is 16.0 Å². The molecule has 0 saturated carbocycles. The van der Waals surface area contributed by atoms with Gasteiger partial charge in [0.25, 0.3) is 11.8 Å². The molecular weight excluding hydrogens is 330 g/mol. The van der Waals surface area contributed by atoms with Gasteiger partial charge in [-0.15, -0.1) is 0 Å². The van der Waals surface area contributed by atoms with Gasteiger partial charge in [0.15, 0.2) is 11.4 Å². The van der Waals surface area contributed by atoms with Crippen LogP contribution >= 0.6 is 11.6 Å². The number of benzene rings is 1. The molecule has 2 heterocycles. The second kappa shape index (κ2) is 6.84. The Balaban J connectivity index is 1.66. The second-order valence-corrected chi connectivity index (χ2v) is 5.94. The summed E-state index contributed by atoms with van der Waals surface area (Å²) >= 11 is 5.90. The van der Waals surface area contributed by atoms with Crippen molar-refractivity contribution in [2.24, 2.45) is 5.73 Å². The number of primary amides is 1. The molecule has 1 saturated heterocycles. The van der Waals surface area contributed by atoms with E-state index in [4.69, 9.17) is 17.3 Å². The number of nitrogens with two attached hydrogens (primary N) is 1. The molecular formula is C16H16ClN5O2. The molecule has 0 radical (unpaired) electrons. The van der Waals surface area contributed by atoms with Crippen LogP contribution in [0, 0.1) is 0 Å². The number of halogens is 1. The van der Waals surface area contributed by atoms with Gasteiger partial charge >= 0.3 is 0 Å². The van der Waals surface area contributed by atoms with E-state index in [1.165, 1.54) is 12.4 Å². The van der Waals surface area contributed by atoms with Gasteiger partial charge in [0.05, 0.1) is 0 Å². The molecule has 1 aromatic heterocycles. The lowest BCUT2D eigenvalue weighted by molar-refractivity contribution is 0.0917. The fourth-order valence-corrected chi connectivity index (χ4v) is 2.83.